The van der Waals surface area contributed by atoms with E-state index in [4.69, 9.17) is 9.97 Å². The van der Waals surface area contributed by atoms with E-state index in [-0.39, 0.29) is 5.41 Å². The Kier molecular flexibility index (Phi) is 6.83. The summed E-state index contributed by atoms with van der Waals surface area (Å²) in [6, 6.07) is 73.8. The van der Waals surface area contributed by atoms with E-state index in [1.807, 2.05) is 0 Å². The summed E-state index contributed by atoms with van der Waals surface area (Å²) in [5.74, 6) is 0. The fraction of sp³-hybridized carbons (Fsp3) is 0.0667. The third kappa shape index (κ3) is 4.43. The Balaban J connectivity index is 1.02. The van der Waals surface area contributed by atoms with Crippen LogP contribution in [0.4, 0.5) is 0 Å². The molecule has 0 aliphatic heterocycles. The third-order valence-electron chi connectivity index (χ3n) is 14.6. The Bertz CT molecular complexity index is 3730. The Hall–Kier alpha value is -7.88. The molecule has 0 saturated carbocycles. The van der Waals surface area contributed by atoms with Gasteiger partial charge in [-0.3, -0.25) is 0 Å². The zero-order chi connectivity index (χ0) is 41.6. The number of rotatable bonds is 3. The molecule has 0 saturated heterocycles. The van der Waals surface area contributed by atoms with Gasteiger partial charge in [0.05, 0.1) is 39.2 Å². The second kappa shape index (κ2) is 12.4. The zero-order valence-electron chi connectivity index (χ0n) is 34.9. The van der Waals surface area contributed by atoms with Crippen LogP contribution in [-0.2, 0) is 10.8 Å². The van der Waals surface area contributed by atoms with E-state index in [0.29, 0.717) is 0 Å². The second-order valence-corrected chi connectivity index (χ2v) is 18.0. The molecule has 3 nitrogen and oxygen atoms in total. The van der Waals surface area contributed by atoms with E-state index in [1.54, 1.807) is 0 Å². The van der Waals surface area contributed by atoms with Crippen LogP contribution in [0.15, 0.2) is 200 Å². The maximum Gasteiger partial charge on any atom is 0.0975 e. The van der Waals surface area contributed by atoms with Crippen molar-refractivity contribution in [3.8, 4) is 61.7 Å². The van der Waals surface area contributed by atoms with Crippen molar-refractivity contribution in [2.75, 3.05) is 0 Å². The van der Waals surface area contributed by atoms with Crippen LogP contribution in [-0.4, -0.2) is 14.5 Å². The van der Waals surface area contributed by atoms with Gasteiger partial charge in [0.15, 0.2) is 0 Å². The average molecular weight is 802 g/mol. The van der Waals surface area contributed by atoms with Gasteiger partial charge in [-0.2, -0.15) is 0 Å². The molecule has 11 aromatic rings. The van der Waals surface area contributed by atoms with Crippen molar-refractivity contribution in [3.05, 3.63) is 234 Å². The molecule has 0 radical (unpaired) electrons. The normalized spacial score (nSPS) is 14.4. The highest BCUT2D eigenvalue weighted by atomic mass is 15.0. The summed E-state index contributed by atoms with van der Waals surface area (Å²) >= 11 is 0. The standard InChI is InChI=1S/C60H39N3/c1-59(2)47-24-10-8-22-44(47)57-58(59)62-56(45-23-15-28-51-54(45)43-21-7-13-27-50(43)60(51)48-25-11-5-18-40(48)41-19-6-12-26-49(41)60)55(61-57)36-30-32-39(33-31-36)63-52-29-14-9-20-42(52)46-34-37-16-3-4-17-38(37)35-53(46)63/h3-35H,1-2H3. The first-order valence-corrected chi connectivity index (χ1v) is 22.0. The minimum absolute atomic E-state index is 0.322. The summed E-state index contributed by atoms with van der Waals surface area (Å²) in [6.45, 7) is 4.59. The molecule has 0 atom stereocenters. The molecule has 2 heterocycles. The van der Waals surface area contributed by atoms with E-state index < -0.39 is 5.41 Å². The van der Waals surface area contributed by atoms with E-state index >= 15 is 0 Å². The molecule has 2 aromatic heterocycles. The van der Waals surface area contributed by atoms with Crippen molar-refractivity contribution in [3.63, 3.8) is 0 Å². The summed E-state index contributed by atoms with van der Waals surface area (Å²) in [7, 11) is 0. The molecular formula is C60H39N3. The number of hydrogen-bond acceptors (Lipinski definition) is 2. The second-order valence-electron chi connectivity index (χ2n) is 18.0. The van der Waals surface area contributed by atoms with Crippen molar-refractivity contribution in [1.29, 1.82) is 0 Å². The highest BCUT2D eigenvalue weighted by Gasteiger charge is 2.52. The van der Waals surface area contributed by atoms with Gasteiger partial charge in [-0.25, -0.2) is 9.97 Å². The quantitative estimate of drug-likeness (QED) is 0.178. The monoisotopic (exact) mass is 801 g/mol. The molecule has 3 heteroatoms. The first-order valence-electron chi connectivity index (χ1n) is 22.0. The predicted molar refractivity (Wildman–Crippen MR) is 259 cm³/mol. The van der Waals surface area contributed by atoms with Crippen LogP contribution in [0, 0.1) is 0 Å². The first-order chi connectivity index (χ1) is 31.0. The number of fused-ring (bicyclic) bond motifs is 17. The van der Waals surface area contributed by atoms with E-state index in [0.717, 1.165) is 45.2 Å². The maximum absolute atomic E-state index is 5.84. The average Bonchev–Trinajstić information content (AvgIpc) is 4.00. The molecule has 0 amide bonds. The van der Waals surface area contributed by atoms with Gasteiger partial charge in [0.2, 0.25) is 0 Å². The maximum atomic E-state index is 5.84. The first kappa shape index (κ1) is 34.8. The Morgan fingerprint density at radius 1 is 0.381 bits per heavy atom. The van der Waals surface area contributed by atoms with Crippen molar-refractivity contribution < 1.29 is 0 Å². The molecule has 3 aliphatic rings. The van der Waals surface area contributed by atoms with Gasteiger partial charge in [-0.1, -0.05) is 184 Å². The Morgan fingerprint density at radius 3 is 1.67 bits per heavy atom. The Morgan fingerprint density at radius 2 is 0.937 bits per heavy atom. The number of hydrogen-bond donors (Lipinski definition) is 0. The van der Waals surface area contributed by atoms with Crippen molar-refractivity contribution in [2.24, 2.45) is 0 Å². The zero-order valence-corrected chi connectivity index (χ0v) is 34.9. The molecule has 3 aliphatic carbocycles. The minimum atomic E-state index is -0.454. The fourth-order valence-electron chi connectivity index (χ4n) is 11.9. The number of aromatic nitrogens is 3. The summed E-state index contributed by atoms with van der Waals surface area (Å²) < 4.78 is 2.41. The molecule has 0 unspecified atom stereocenters. The van der Waals surface area contributed by atoms with Crippen LogP contribution in [0.25, 0.3) is 94.3 Å². The Labute approximate surface area is 365 Å². The molecule has 9 aromatic carbocycles. The molecular weight excluding hydrogens is 763 g/mol. The van der Waals surface area contributed by atoms with Crippen LogP contribution >= 0.6 is 0 Å². The lowest BCUT2D eigenvalue weighted by molar-refractivity contribution is 0.636. The van der Waals surface area contributed by atoms with Crippen molar-refractivity contribution >= 4 is 32.6 Å². The number of para-hydroxylation sites is 1. The van der Waals surface area contributed by atoms with Crippen LogP contribution in [0.5, 0.6) is 0 Å². The van der Waals surface area contributed by atoms with E-state index in [9.17, 15) is 0 Å². The van der Waals surface area contributed by atoms with Gasteiger partial charge in [0, 0.05) is 38.6 Å². The van der Waals surface area contributed by atoms with Crippen molar-refractivity contribution in [2.45, 2.75) is 24.7 Å². The van der Waals surface area contributed by atoms with Gasteiger partial charge >= 0.3 is 0 Å². The molecule has 0 N–H and O–H groups in total. The van der Waals surface area contributed by atoms with Gasteiger partial charge in [-0.15, -0.1) is 0 Å². The topological polar surface area (TPSA) is 30.7 Å². The van der Waals surface area contributed by atoms with Crippen LogP contribution in [0.2, 0.25) is 0 Å². The van der Waals surface area contributed by atoms with Crippen LogP contribution in [0.1, 0.15) is 47.4 Å². The lowest BCUT2D eigenvalue weighted by atomic mass is 9.70. The van der Waals surface area contributed by atoms with Gasteiger partial charge < -0.3 is 4.57 Å². The molecule has 1 spiro atoms. The fourth-order valence-corrected chi connectivity index (χ4v) is 11.9. The third-order valence-corrected chi connectivity index (χ3v) is 14.6. The highest BCUT2D eigenvalue weighted by Crippen LogP contribution is 2.64. The number of nitrogens with zero attached hydrogens (tertiary/aromatic N) is 3. The molecule has 14 rings (SSSR count). The van der Waals surface area contributed by atoms with E-state index in [2.05, 4.69) is 219 Å². The van der Waals surface area contributed by atoms with E-state index in [1.165, 1.54) is 82.6 Å². The summed E-state index contributed by atoms with van der Waals surface area (Å²) in [5, 5.41) is 4.98. The predicted octanol–water partition coefficient (Wildman–Crippen LogP) is 14.7. The lowest BCUT2D eigenvalue weighted by Gasteiger charge is -2.30. The minimum Gasteiger partial charge on any atom is -0.309 e. The van der Waals surface area contributed by atoms with Gasteiger partial charge in [-0.05, 0) is 91.2 Å². The van der Waals surface area contributed by atoms with Crippen LogP contribution < -0.4 is 0 Å². The highest BCUT2D eigenvalue weighted by molar-refractivity contribution is 6.13. The summed E-state index contributed by atoms with van der Waals surface area (Å²) in [4.78, 5) is 11.6. The molecule has 63 heavy (non-hydrogen) atoms. The lowest BCUT2D eigenvalue weighted by Crippen LogP contribution is -2.25. The van der Waals surface area contributed by atoms with Crippen molar-refractivity contribution in [1.82, 2.24) is 14.5 Å². The molecule has 0 bridgehead atoms. The smallest absolute Gasteiger partial charge is 0.0975 e. The largest absolute Gasteiger partial charge is 0.309 e. The van der Waals surface area contributed by atoms with Gasteiger partial charge in [0.1, 0.15) is 0 Å². The van der Waals surface area contributed by atoms with Crippen LogP contribution in [0.3, 0.4) is 0 Å². The summed E-state index contributed by atoms with van der Waals surface area (Å²) in [5.41, 5.74) is 21.4. The SMILES string of the molecule is CC1(C)c2ccccc2-c2nc(-c3ccc(-n4c5ccccc5c5cc6ccccc6cc54)cc3)c(-c3cccc4c3-c3ccccc3C43c4ccccc4-c4ccccc43)nc21. The van der Waals surface area contributed by atoms with Gasteiger partial charge in [0.25, 0.3) is 0 Å². The molecule has 294 valence electrons. The molecule has 0 fully saturated rings. The number of benzene rings is 9. The summed E-state index contributed by atoms with van der Waals surface area (Å²) in [6.07, 6.45) is 0.